The Hall–Kier alpha value is -1.19. The van der Waals surface area contributed by atoms with Gasteiger partial charge in [-0.3, -0.25) is 9.59 Å². The van der Waals surface area contributed by atoms with E-state index in [0.29, 0.717) is 18.7 Å². The molecule has 0 aliphatic heterocycles. The molecule has 8 heavy (non-hydrogen) atoms. The molecular formula is C4H6N2O2. The van der Waals surface area contributed by atoms with Gasteiger partial charge in [-0.1, -0.05) is 0 Å². The first-order valence-electron chi connectivity index (χ1n) is 1.99. The minimum absolute atomic E-state index is 0.301. The smallest absolute Gasteiger partial charge is 0.234 e. The maximum absolute atomic E-state index is 9.58. The van der Waals surface area contributed by atoms with Crippen LogP contribution < -0.4 is 5.32 Å². The molecular weight excluding hydrogens is 108 g/mol. The Kier molecular flexibility index (Phi) is 3.39. The third-order valence-electron chi connectivity index (χ3n) is 0.514. The van der Waals surface area contributed by atoms with Crippen molar-refractivity contribution in [1.29, 1.82) is 0 Å². The molecule has 0 heterocycles. The number of amidine groups is 1. The Balaban J connectivity index is 3.60. The van der Waals surface area contributed by atoms with Gasteiger partial charge in [-0.2, -0.15) is 0 Å². The van der Waals surface area contributed by atoms with Gasteiger partial charge in [-0.25, -0.2) is 4.99 Å². The molecule has 0 bridgehead atoms. The highest BCUT2D eigenvalue weighted by Gasteiger charge is 1.80. The first kappa shape index (κ1) is 6.81. The summed E-state index contributed by atoms with van der Waals surface area (Å²) in [5, 5.41) is 2.18. The summed E-state index contributed by atoms with van der Waals surface area (Å²) < 4.78 is 0. The zero-order valence-corrected chi connectivity index (χ0v) is 4.42. The Morgan fingerprint density at radius 2 is 2.25 bits per heavy atom. The normalized spacial score (nSPS) is 10.4. The molecule has 0 saturated carbocycles. The molecule has 0 aliphatic rings. The molecule has 0 radical (unpaired) electrons. The topological polar surface area (TPSA) is 58.5 Å². The second-order valence-electron chi connectivity index (χ2n) is 1.08. The van der Waals surface area contributed by atoms with Gasteiger partial charge in [0.2, 0.25) is 12.8 Å². The van der Waals surface area contributed by atoms with E-state index in [9.17, 15) is 9.59 Å². The third kappa shape index (κ3) is 3.02. The zero-order chi connectivity index (χ0) is 6.41. The van der Waals surface area contributed by atoms with Crippen LogP contribution >= 0.6 is 0 Å². The van der Waals surface area contributed by atoms with Gasteiger partial charge in [0.15, 0.2) is 0 Å². The Morgan fingerprint density at radius 3 is 2.62 bits per heavy atom. The summed E-state index contributed by atoms with van der Waals surface area (Å²) >= 11 is 0. The maximum Gasteiger partial charge on any atom is 0.234 e. The van der Waals surface area contributed by atoms with E-state index in [-0.39, 0.29) is 0 Å². The standard InChI is InChI=1S/C4H6N2O2/c1-4(5-2-7)6-3-8/h2-3H,1H3,(H,5,6,7,8). The monoisotopic (exact) mass is 114 g/mol. The van der Waals surface area contributed by atoms with E-state index in [2.05, 4.69) is 10.3 Å². The Bertz CT molecular complexity index is 119. The fraction of sp³-hybridized carbons (Fsp3) is 0.250. The van der Waals surface area contributed by atoms with E-state index >= 15 is 0 Å². The summed E-state index contributed by atoms with van der Waals surface area (Å²) in [5.41, 5.74) is 0. The lowest BCUT2D eigenvalue weighted by Gasteiger charge is -1.88. The number of rotatable bonds is 2. The van der Waals surface area contributed by atoms with E-state index in [1.54, 1.807) is 0 Å². The van der Waals surface area contributed by atoms with Crippen LogP contribution in [0.3, 0.4) is 0 Å². The van der Waals surface area contributed by atoms with Crippen LogP contribution in [0.2, 0.25) is 0 Å². The van der Waals surface area contributed by atoms with E-state index in [0.717, 1.165) is 0 Å². The van der Waals surface area contributed by atoms with Crippen molar-refractivity contribution in [2.24, 2.45) is 4.99 Å². The summed E-state index contributed by atoms with van der Waals surface area (Å²) in [6.07, 6.45) is 0.828. The van der Waals surface area contributed by atoms with Crippen LogP contribution in [0.1, 0.15) is 6.92 Å². The molecule has 0 saturated heterocycles. The minimum Gasteiger partial charge on any atom is -0.317 e. The largest absolute Gasteiger partial charge is 0.317 e. The summed E-state index contributed by atoms with van der Waals surface area (Å²) in [7, 11) is 0. The minimum atomic E-state index is 0.301. The molecule has 0 aromatic carbocycles. The second kappa shape index (κ2) is 3.98. The molecule has 0 unspecified atom stereocenters. The van der Waals surface area contributed by atoms with Crippen molar-refractivity contribution >= 4 is 18.7 Å². The molecule has 0 spiro atoms. The molecule has 0 aliphatic carbocycles. The molecule has 0 aromatic heterocycles. The van der Waals surface area contributed by atoms with Crippen molar-refractivity contribution in [1.82, 2.24) is 5.32 Å². The van der Waals surface area contributed by atoms with E-state index < -0.39 is 0 Å². The van der Waals surface area contributed by atoms with Gasteiger partial charge in [-0.05, 0) is 6.92 Å². The van der Waals surface area contributed by atoms with Crippen molar-refractivity contribution < 1.29 is 9.59 Å². The van der Waals surface area contributed by atoms with Crippen molar-refractivity contribution in [2.75, 3.05) is 0 Å². The fourth-order valence-electron chi connectivity index (χ4n) is 0.202. The number of hydrogen-bond donors (Lipinski definition) is 1. The SMILES string of the molecule is CC(=NC=O)NC=O. The Morgan fingerprint density at radius 1 is 1.62 bits per heavy atom. The quantitative estimate of drug-likeness (QED) is 0.293. The van der Waals surface area contributed by atoms with Crippen molar-refractivity contribution in [3.63, 3.8) is 0 Å². The van der Waals surface area contributed by atoms with Crippen molar-refractivity contribution in [3.8, 4) is 0 Å². The average molecular weight is 114 g/mol. The number of nitrogens with one attached hydrogen (secondary N) is 1. The summed E-state index contributed by atoms with van der Waals surface area (Å²) in [6, 6.07) is 0. The number of aliphatic imine (C=N–C) groups is 1. The summed E-state index contributed by atoms with van der Waals surface area (Å²) in [4.78, 5) is 22.3. The van der Waals surface area contributed by atoms with E-state index in [1.165, 1.54) is 6.92 Å². The van der Waals surface area contributed by atoms with Gasteiger partial charge in [-0.15, -0.1) is 0 Å². The average Bonchev–Trinajstić information content (AvgIpc) is 1.68. The van der Waals surface area contributed by atoms with Crippen LogP contribution in [-0.4, -0.2) is 18.7 Å². The molecule has 4 nitrogen and oxygen atoms in total. The lowest BCUT2D eigenvalue weighted by Crippen LogP contribution is -2.17. The van der Waals surface area contributed by atoms with Crippen LogP contribution in [-0.2, 0) is 9.59 Å². The summed E-state index contributed by atoms with van der Waals surface area (Å²) in [6.45, 7) is 1.52. The van der Waals surface area contributed by atoms with Gasteiger partial charge < -0.3 is 5.32 Å². The Labute approximate surface area is 46.6 Å². The molecule has 44 valence electrons. The number of nitrogens with zero attached hydrogens (tertiary/aromatic N) is 1. The van der Waals surface area contributed by atoms with Crippen LogP contribution in [0.4, 0.5) is 0 Å². The predicted molar refractivity (Wildman–Crippen MR) is 28.4 cm³/mol. The lowest BCUT2D eigenvalue weighted by molar-refractivity contribution is -0.108. The lowest BCUT2D eigenvalue weighted by atomic mass is 10.7. The van der Waals surface area contributed by atoms with E-state index in [4.69, 9.17) is 0 Å². The second-order valence-corrected chi connectivity index (χ2v) is 1.08. The van der Waals surface area contributed by atoms with Gasteiger partial charge in [0.1, 0.15) is 5.84 Å². The molecule has 0 aromatic rings. The third-order valence-corrected chi connectivity index (χ3v) is 0.514. The number of hydrogen-bond acceptors (Lipinski definition) is 2. The van der Waals surface area contributed by atoms with Crippen molar-refractivity contribution in [3.05, 3.63) is 0 Å². The fourth-order valence-corrected chi connectivity index (χ4v) is 0.202. The molecule has 1 N–H and O–H groups in total. The van der Waals surface area contributed by atoms with Crippen LogP contribution in [0.25, 0.3) is 0 Å². The van der Waals surface area contributed by atoms with Crippen LogP contribution in [0, 0.1) is 0 Å². The number of carbonyl (C=O) groups is 2. The highest BCUT2D eigenvalue weighted by molar-refractivity contribution is 5.92. The summed E-state index contributed by atoms with van der Waals surface area (Å²) in [5.74, 6) is 0.301. The van der Waals surface area contributed by atoms with Crippen LogP contribution in [0.15, 0.2) is 4.99 Å². The molecule has 0 fully saturated rings. The first-order valence-corrected chi connectivity index (χ1v) is 1.99. The molecule has 0 atom stereocenters. The predicted octanol–water partition coefficient (Wildman–Crippen LogP) is -0.693. The van der Waals surface area contributed by atoms with Gasteiger partial charge in [0.25, 0.3) is 0 Å². The first-order chi connectivity index (χ1) is 3.81. The van der Waals surface area contributed by atoms with Gasteiger partial charge in [0, 0.05) is 0 Å². The van der Waals surface area contributed by atoms with Gasteiger partial charge >= 0.3 is 0 Å². The highest BCUT2D eigenvalue weighted by Crippen LogP contribution is 1.62. The molecule has 4 heteroatoms. The zero-order valence-electron chi connectivity index (χ0n) is 4.42. The highest BCUT2D eigenvalue weighted by atomic mass is 16.1. The van der Waals surface area contributed by atoms with Crippen molar-refractivity contribution in [2.45, 2.75) is 6.92 Å². The molecule has 2 amide bonds. The van der Waals surface area contributed by atoms with Gasteiger partial charge in [0.05, 0.1) is 0 Å². The maximum atomic E-state index is 9.58. The molecule has 0 rings (SSSR count). The van der Waals surface area contributed by atoms with E-state index in [1.807, 2.05) is 0 Å². The number of amides is 2. The van der Waals surface area contributed by atoms with Crippen LogP contribution in [0.5, 0.6) is 0 Å². The number of carbonyl (C=O) groups excluding carboxylic acids is 2.